The molecule has 6 heteroatoms. The predicted molar refractivity (Wildman–Crippen MR) is 63.3 cm³/mol. The second-order valence-electron chi connectivity index (χ2n) is 3.20. The largest absolute Gasteiger partial charge is 0.459 e. The van der Waals surface area contributed by atoms with Crippen molar-refractivity contribution in [3.05, 3.63) is 52.0 Å². The summed E-state index contributed by atoms with van der Waals surface area (Å²) in [5, 5.41) is 3.36. The van der Waals surface area contributed by atoms with Gasteiger partial charge in [0.2, 0.25) is 5.82 Å². The number of nitroso groups, excluding NO2 is 1. The van der Waals surface area contributed by atoms with Crippen molar-refractivity contribution in [2.45, 2.75) is 6.61 Å². The maximum atomic E-state index is 10.3. The van der Waals surface area contributed by atoms with Crippen molar-refractivity contribution in [1.82, 2.24) is 9.97 Å². The molecule has 0 fully saturated rings. The number of hydrogen-bond acceptors (Lipinski definition) is 5. The van der Waals surface area contributed by atoms with Gasteiger partial charge >= 0.3 is 6.01 Å². The van der Waals surface area contributed by atoms with Crippen LogP contribution in [0.3, 0.4) is 0 Å². The Kier molecular flexibility index (Phi) is 3.62. The quantitative estimate of drug-likeness (QED) is 0.781. The van der Waals surface area contributed by atoms with Gasteiger partial charge in [0.15, 0.2) is 0 Å². The molecule has 0 aliphatic carbocycles. The molecule has 0 radical (unpaired) electrons. The van der Waals surface area contributed by atoms with Crippen molar-refractivity contribution in [3.63, 3.8) is 0 Å². The maximum Gasteiger partial charge on any atom is 0.318 e. The molecular formula is C11H8ClN3O2. The van der Waals surface area contributed by atoms with Crippen molar-refractivity contribution >= 4 is 17.4 Å². The maximum absolute atomic E-state index is 10.3. The molecule has 0 amide bonds. The molecule has 1 aromatic heterocycles. The third-order valence-electron chi connectivity index (χ3n) is 1.99. The molecule has 1 aromatic carbocycles. The van der Waals surface area contributed by atoms with Crippen molar-refractivity contribution in [1.29, 1.82) is 0 Å². The van der Waals surface area contributed by atoms with E-state index in [2.05, 4.69) is 15.1 Å². The lowest BCUT2D eigenvalue weighted by Crippen LogP contribution is -1.98. The van der Waals surface area contributed by atoms with E-state index in [1.807, 2.05) is 12.1 Å². The van der Waals surface area contributed by atoms with Crippen molar-refractivity contribution in [3.8, 4) is 6.01 Å². The van der Waals surface area contributed by atoms with Crippen molar-refractivity contribution in [2.75, 3.05) is 0 Å². The van der Waals surface area contributed by atoms with Gasteiger partial charge in [-0.15, -0.1) is 4.91 Å². The summed E-state index contributed by atoms with van der Waals surface area (Å²) >= 11 is 5.76. The predicted octanol–water partition coefficient (Wildman–Crippen LogP) is 3.11. The van der Waals surface area contributed by atoms with Gasteiger partial charge < -0.3 is 4.74 Å². The van der Waals surface area contributed by atoms with Crippen LogP contribution in [0.5, 0.6) is 6.01 Å². The standard InChI is InChI=1S/C11H8ClN3O2/c12-9-3-1-8(2-4-9)7-17-11-13-6-5-10(14-11)15-16/h1-6H,7H2. The zero-order valence-corrected chi connectivity index (χ0v) is 9.46. The lowest BCUT2D eigenvalue weighted by molar-refractivity contribution is 0.281. The summed E-state index contributed by atoms with van der Waals surface area (Å²) in [6.07, 6.45) is 1.42. The highest BCUT2D eigenvalue weighted by Crippen LogP contribution is 2.13. The van der Waals surface area contributed by atoms with Gasteiger partial charge in [-0.2, -0.15) is 4.98 Å². The van der Waals surface area contributed by atoms with Gasteiger partial charge in [-0.05, 0) is 22.9 Å². The second-order valence-corrected chi connectivity index (χ2v) is 3.64. The molecule has 17 heavy (non-hydrogen) atoms. The molecule has 0 spiro atoms. The Morgan fingerprint density at radius 1 is 1.24 bits per heavy atom. The molecule has 2 rings (SSSR count). The first kappa shape index (κ1) is 11.5. The molecule has 0 saturated heterocycles. The van der Waals surface area contributed by atoms with E-state index in [1.165, 1.54) is 12.3 Å². The highest BCUT2D eigenvalue weighted by molar-refractivity contribution is 6.30. The molecular weight excluding hydrogens is 242 g/mol. The van der Waals surface area contributed by atoms with Crippen molar-refractivity contribution in [2.24, 2.45) is 5.18 Å². The molecule has 86 valence electrons. The smallest absolute Gasteiger partial charge is 0.318 e. The van der Waals surface area contributed by atoms with Crippen LogP contribution in [0, 0.1) is 4.91 Å². The summed E-state index contributed by atoms with van der Waals surface area (Å²) in [7, 11) is 0. The molecule has 0 unspecified atom stereocenters. The lowest BCUT2D eigenvalue weighted by atomic mass is 10.2. The van der Waals surface area contributed by atoms with Crippen LogP contribution >= 0.6 is 11.6 Å². The minimum Gasteiger partial charge on any atom is -0.459 e. The van der Waals surface area contributed by atoms with E-state index < -0.39 is 0 Å². The van der Waals surface area contributed by atoms with Gasteiger partial charge in [0.25, 0.3) is 0 Å². The Bertz CT molecular complexity index is 516. The summed E-state index contributed by atoms with van der Waals surface area (Å²) in [6.45, 7) is 0.305. The first-order chi connectivity index (χ1) is 8.28. The van der Waals surface area contributed by atoms with Crippen molar-refractivity contribution < 1.29 is 4.74 Å². The van der Waals surface area contributed by atoms with E-state index in [0.717, 1.165) is 5.56 Å². The van der Waals surface area contributed by atoms with Crippen LogP contribution < -0.4 is 4.74 Å². The minimum absolute atomic E-state index is 0.0473. The van der Waals surface area contributed by atoms with Gasteiger partial charge in [0.1, 0.15) is 6.61 Å². The van der Waals surface area contributed by atoms with Crippen LogP contribution in [0.2, 0.25) is 5.02 Å². The number of halogens is 1. The summed E-state index contributed by atoms with van der Waals surface area (Å²) in [4.78, 5) is 17.9. The Balaban J connectivity index is 2.01. The molecule has 0 aliphatic heterocycles. The molecule has 0 bridgehead atoms. The van der Waals surface area contributed by atoms with Crippen LogP contribution in [0.15, 0.2) is 41.7 Å². The van der Waals surface area contributed by atoms with E-state index in [-0.39, 0.29) is 11.8 Å². The van der Waals surface area contributed by atoms with Crippen LogP contribution in [-0.4, -0.2) is 9.97 Å². The number of ether oxygens (including phenoxy) is 1. The highest BCUT2D eigenvalue weighted by atomic mass is 35.5. The fourth-order valence-corrected chi connectivity index (χ4v) is 1.31. The third kappa shape index (κ3) is 3.22. The number of rotatable bonds is 4. The zero-order valence-electron chi connectivity index (χ0n) is 8.71. The number of aromatic nitrogens is 2. The number of benzene rings is 1. The summed E-state index contributed by atoms with van der Waals surface area (Å²) in [5.41, 5.74) is 0.933. The molecule has 0 aliphatic rings. The second kappa shape index (κ2) is 5.36. The van der Waals surface area contributed by atoms with Crippen LogP contribution in [-0.2, 0) is 6.61 Å². The van der Waals surface area contributed by atoms with E-state index in [9.17, 15) is 4.91 Å². The van der Waals surface area contributed by atoms with Crippen LogP contribution in [0.1, 0.15) is 5.56 Å². The first-order valence-electron chi connectivity index (χ1n) is 4.81. The Morgan fingerprint density at radius 2 is 2.00 bits per heavy atom. The van der Waals surface area contributed by atoms with Crippen LogP contribution in [0.25, 0.3) is 0 Å². The van der Waals surface area contributed by atoms with Gasteiger partial charge in [0, 0.05) is 17.3 Å². The Hall–Kier alpha value is -2.01. The van der Waals surface area contributed by atoms with Gasteiger partial charge in [-0.25, -0.2) is 4.98 Å². The summed E-state index contributed by atoms with van der Waals surface area (Å²) in [6, 6.07) is 8.74. The van der Waals surface area contributed by atoms with E-state index in [4.69, 9.17) is 16.3 Å². The van der Waals surface area contributed by atoms with Gasteiger partial charge in [0.05, 0.1) is 0 Å². The highest BCUT2D eigenvalue weighted by Gasteiger charge is 2.01. The van der Waals surface area contributed by atoms with Gasteiger partial charge in [-0.3, -0.25) is 0 Å². The first-order valence-corrected chi connectivity index (χ1v) is 5.19. The normalized spacial score (nSPS) is 9.94. The monoisotopic (exact) mass is 249 g/mol. The number of hydrogen-bond donors (Lipinski definition) is 0. The molecule has 0 atom stereocenters. The van der Waals surface area contributed by atoms with Crippen LogP contribution in [0.4, 0.5) is 5.82 Å². The van der Waals surface area contributed by atoms with E-state index >= 15 is 0 Å². The SMILES string of the molecule is O=Nc1ccnc(OCc2ccc(Cl)cc2)n1. The summed E-state index contributed by atoms with van der Waals surface area (Å²) < 4.78 is 5.31. The zero-order chi connectivity index (χ0) is 12.1. The van der Waals surface area contributed by atoms with E-state index in [0.29, 0.717) is 11.6 Å². The average Bonchev–Trinajstić information content (AvgIpc) is 2.38. The molecule has 1 heterocycles. The molecule has 2 aromatic rings. The van der Waals surface area contributed by atoms with Gasteiger partial charge in [-0.1, -0.05) is 23.7 Å². The molecule has 0 N–H and O–H groups in total. The Morgan fingerprint density at radius 3 is 2.71 bits per heavy atom. The minimum atomic E-state index is 0.0473. The average molecular weight is 250 g/mol. The lowest BCUT2D eigenvalue weighted by Gasteiger charge is -2.03. The topological polar surface area (TPSA) is 64.4 Å². The number of nitrogens with zero attached hydrogens (tertiary/aromatic N) is 3. The third-order valence-corrected chi connectivity index (χ3v) is 2.25. The fraction of sp³-hybridized carbons (Fsp3) is 0.0909. The summed E-state index contributed by atoms with van der Waals surface area (Å²) in [5.74, 6) is 0.0473. The fourth-order valence-electron chi connectivity index (χ4n) is 1.18. The molecule has 5 nitrogen and oxygen atoms in total. The van der Waals surface area contributed by atoms with E-state index in [1.54, 1.807) is 12.1 Å². The molecule has 0 saturated carbocycles. The Labute approximate surface area is 102 Å².